The van der Waals surface area contributed by atoms with Gasteiger partial charge in [-0.2, -0.15) is 5.43 Å². The molecule has 0 aromatic heterocycles. The normalized spacial score (nSPS) is 26.2. The molecule has 2 fully saturated rings. The molecule has 1 unspecified atom stereocenters. The lowest BCUT2D eigenvalue weighted by molar-refractivity contribution is -0.135. The summed E-state index contributed by atoms with van der Waals surface area (Å²) in [6.45, 7) is 9.51. The molecule has 8 nitrogen and oxygen atoms in total. The zero-order valence-corrected chi connectivity index (χ0v) is 12.0. The number of hydrogen-bond donors (Lipinski definition) is 3. The van der Waals surface area contributed by atoms with Crippen molar-refractivity contribution in [2.45, 2.75) is 26.1 Å². The predicted molar refractivity (Wildman–Crippen MR) is 72.5 cm³/mol. The zero-order chi connectivity index (χ0) is 14.7. The third-order valence-electron chi connectivity index (χ3n) is 3.78. The molecule has 0 saturated carbocycles. The van der Waals surface area contributed by atoms with Gasteiger partial charge in [0.2, 0.25) is 6.23 Å². The number of hydrazine groups is 1. The van der Waals surface area contributed by atoms with Gasteiger partial charge < -0.3 is 5.11 Å². The van der Waals surface area contributed by atoms with Crippen molar-refractivity contribution < 1.29 is 14.7 Å². The molecule has 1 atom stereocenters. The third-order valence-corrected chi connectivity index (χ3v) is 3.78. The fourth-order valence-electron chi connectivity index (χ4n) is 2.42. The van der Waals surface area contributed by atoms with E-state index in [1.807, 2.05) is 0 Å². The molecule has 0 aromatic carbocycles. The summed E-state index contributed by atoms with van der Waals surface area (Å²) in [6, 6.07) is 0.0500. The van der Waals surface area contributed by atoms with Crippen LogP contribution in [0.25, 0.3) is 0 Å². The van der Waals surface area contributed by atoms with Gasteiger partial charge in [0, 0.05) is 38.8 Å². The van der Waals surface area contributed by atoms with Crippen molar-refractivity contribution in [3.63, 3.8) is 0 Å². The van der Waals surface area contributed by atoms with Crippen molar-refractivity contribution in [2.24, 2.45) is 0 Å². The number of carbonyl (C=O) groups is 2. The van der Waals surface area contributed by atoms with Crippen LogP contribution in [0.5, 0.6) is 0 Å². The maximum absolute atomic E-state index is 11.6. The fourth-order valence-corrected chi connectivity index (χ4v) is 2.42. The Hall–Kier alpha value is -1.22. The van der Waals surface area contributed by atoms with Crippen LogP contribution in [-0.2, 0) is 4.79 Å². The van der Waals surface area contributed by atoms with Gasteiger partial charge in [-0.05, 0) is 13.8 Å². The monoisotopic (exact) mass is 285 g/mol. The summed E-state index contributed by atoms with van der Waals surface area (Å²) < 4.78 is 0. The third kappa shape index (κ3) is 3.66. The van der Waals surface area contributed by atoms with E-state index in [2.05, 4.69) is 34.4 Å². The molecule has 2 heterocycles. The van der Waals surface area contributed by atoms with Gasteiger partial charge in [-0.15, -0.1) is 0 Å². The van der Waals surface area contributed by atoms with Gasteiger partial charge in [0.15, 0.2) is 0 Å². The topological polar surface area (TPSA) is 88.2 Å². The van der Waals surface area contributed by atoms with E-state index in [9.17, 15) is 14.7 Å². The molecule has 3 N–H and O–H groups in total. The number of nitrogens with zero attached hydrogens (tertiary/aromatic N) is 3. The van der Waals surface area contributed by atoms with Crippen molar-refractivity contribution in [3.05, 3.63) is 0 Å². The van der Waals surface area contributed by atoms with Crippen molar-refractivity contribution >= 4 is 11.9 Å². The van der Waals surface area contributed by atoms with E-state index in [1.54, 1.807) is 0 Å². The first-order chi connectivity index (χ1) is 9.47. The Morgan fingerprint density at radius 2 is 1.85 bits per heavy atom. The van der Waals surface area contributed by atoms with Gasteiger partial charge in [0.1, 0.15) is 0 Å². The summed E-state index contributed by atoms with van der Waals surface area (Å²) in [6.07, 6.45) is -1.36. The number of urea groups is 1. The number of piperazine rings is 1. The van der Waals surface area contributed by atoms with Crippen molar-refractivity contribution in [2.75, 3.05) is 39.3 Å². The van der Waals surface area contributed by atoms with Crippen LogP contribution >= 0.6 is 0 Å². The minimum atomic E-state index is -1.36. The molecule has 3 amide bonds. The van der Waals surface area contributed by atoms with Gasteiger partial charge in [-0.25, -0.2) is 4.79 Å². The minimum Gasteiger partial charge on any atom is -0.369 e. The first-order valence-electron chi connectivity index (χ1n) is 7.00. The minimum absolute atomic E-state index is 0.428. The van der Waals surface area contributed by atoms with E-state index in [0.717, 1.165) is 26.2 Å². The molecule has 2 saturated heterocycles. The van der Waals surface area contributed by atoms with Crippen LogP contribution < -0.4 is 10.7 Å². The molecule has 2 aliphatic rings. The summed E-state index contributed by atoms with van der Waals surface area (Å²) in [5.41, 5.74) is 2.47. The standard InChI is InChI=1S/C12H23N5O3/c1-9(2)16-6-3-15(4-7-16)5-8-17-12(20)13-10(18)11(19)14-17/h9,11,14,19H,3-8H2,1-2H3,(H,13,18,20). The molecule has 2 rings (SSSR count). The first-order valence-corrected chi connectivity index (χ1v) is 7.00. The number of hydrogen-bond acceptors (Lipinski definition) is 6. The summed E-state index contributed by atoms with van der Waals surface area (Å²) in [7, 11) is 0. The molecule has 0 aliphatic carbocycles. The zero-order valence-electron chi connectivity index (χ0n) is 12.0. The van der Waals surface area contributed by atoms with Gasteiger partial charge in [-0.3, -0.25) is 24.9 Å². The maximum atomic E-state index is 11.6. The average Bonchev–Trinajstić information content (AvgIpc) is 2.42. The highest BCUT2D eigenvalue weighted by Crippen LogP contribution is 2.06. The Bertz CT molecular complexity index is 368. The number of rotatable bonds is 4. The SMILES string of the molecule is CC(C)N1CCN(CCN2NC(O)C(=O)NC2=O)CC1. The van der Waals surface area contributed by atoms with Crippen LogP contribution in [0, 0.1) is 0 Å². The van der Waals surface area contributed by atoms with E-state index >= 15 is 0 Å². The molecular weight excluding hydrogens is 262 g/mol. The van der Waals surface area contributed by atoms with Gasteiger partial charge >= 0.3 is 6.03 Å². The Morgan fingerprint density at radius 1 is 1.20 bits per heavy atom. The second kappa shape index (κ2) is 6.49. The molecule has 8 heteroatoms. The molecule has 114 valence electrons. The largest absolute Gasteiger partial charge is 0.369 e. The molecule has 0 aromatic rings. The van der Waals surface area contributed by atoms with Crippen molar-refractivity contribution in [1.29, 1.82) is 0 Å². The van der Waals surface area contributed by atoms with Crippen LogP contribution in [-0.4, -0.2) is 83.4 Å². The van der Waals surface area contributed by atoms with Crippen molar-refractivity contribution in [1.82, 2.24) is 25.6 Å². The lowest BCUT2D eigenvalue weighted by Crippen LogP contribution is -2.65. The van der Waals surface area contributed by atoms with Gasteiger partial charge in [-0.1, -0.05) is 0 Å². The summed E-state index contributed by atoms with van der Waals surface area (Å²) in [4.78, 5) is 27.3. The molecule has 2 aliphatic heterocycles. The van der Waals surface area contributed by atoms with Crippen LogP contribution in [0.4, 0.5) is 4.79 Å². The molecule has 20 heavy (non-hydrogen) atoms. The number of carbonyl (C=O) groups excluding carboxylic acids is 2. The second-order valence-corrected chi connectivity index (χ2v) is 5.45. The molecule has 0 radical (unpaired) electrons. The predicted octanol–water partition coefficient (Wildman–Crippen LogP) is -1.61. The van der Waals surface area contributed by atoms with E-state index in [1.165, 1.54) is 5.01 Å². The number of nitrogens with one attached hydrogen (secondary N) is 2. The van der Waals surface area contributed by atoms with Gasteiger partial charge in [0.25, 0.3) is 5.91 Å². The quantitative estimate of drug-likeness (QED) is 0.576. The average molecular weight is 285 g/mol. The Labute approximate surface area is 118 Å². The molecular formula is C12H23N5O3. The highest BCUT2D eigenvalue weighted by Gasteiger charge is 2.30. The highest BCUT2D eigenvalue weighted by molar-refractivity contribution is 5.98. The van der Waals surface area contributed by atoms with Crippen molar-refractivity contribution in [3.8, 4) is 0 Å². The summed E-state index contributed by atoms with van der Waals surface area (Å²) >= 11 is 0. The van der Waals surface area contributed by atoms with Gasteiger partial charge in [0.05, 0.1) is 6.54 Å². The fraction of sp³-hybridized carbons (Fsp3) is 0.833. The first kappa shape index (κ1) is 15.2. The molecule has 0 spiro atoms. The second-order valence-electron chi connectivity index (χ2n) is 5.45. The van der Waals surface area contributed by atoms with Crippen LogP contribution in [0.3, 0.4) is 0 Å². The van der Waals surface area contributed by atoms with E-state index in [4.69, 9.17) is 0 Å². The number of imide groups is 1. The lowest BCUT2D eigenvalue weighted by atomic mass is 10.2. The van der Waals surface area contributed by atoms with E-state index in [0.29, 0.717) is 19.1 Å². The highest BCUT2D eigenvalue weighted by atomic mass is 16.3. The summed E-state index contributed by atoms with van der Waals surface area (Å²) in [5, 5.41) is 12.7. The van der Waals surface area contributed by atoms with E-state index < -0.39 is 18.2 Å². The Morgan fingerprint density at radius 3 is 2.45 bits per heavy atom. The van der Waals surface area contributed by atoms with E-state index in [-0.39, 0.29) is 0 Å². The maximum Gasteiger partial charge on any atom is 0.338 e. The number of amides is 3. The summed E-state index contributed by atoms with van der Waals surface area (Å²) in [5.74, 6) is -0.711. The smallest absolute Gasteiger partial charge is 0.338 e. The lowest BCUT2D eigenvalue weighted by Gasteiger charge is -2.38. The van der Waals surface area contributed by atoms with Crippen LogP contribution in [0.1, 0.15) is 13.8 Å². The van der Waals surface area contributed by atoms with Crippen LogP contribution in [0.15, 0.2) is 0 Å². The Balaban J connectivity index is 1.73. The van der Waals surface area contributed by atoms with Crippen LogP contribution in [0.2, 0.25) is 0 Å². The molecule has 0 bridgehead atoms. The number of aliphatic hydroxyl groups excluding tert-OH is 1. The number of aliphatic hydroxyl groups is 1. The Kier molecular flexibility index (Phi) is 4.92.